The number of carbonyl (C=O) groups excluding carboxylic acids is 1. The van der Waals surface area contributed by atoms with E-state index in [1.54, 1.807) is 12.5 Å². The molecular formula is C24H24N6O2. The molecule has 8 rings (SSSR count). The van der Waals surface area contributed by atoms with Gasteiger partial charge in [-0.15, -0.1) is 0 Å². The number of hydrogen-bond donors (Lipinski definition) is 2. The monoisotopic (exact) mass is 428 g/mol. The number of hydrogen-bond acceptors (Lipinski definition) is 6. The van der Waals surface area contributed by atoms with Crippen molar-refractivity contribution in [2.24, 2.45) is 0 Å². The summed E-state index contributed by atoms with van der Waals surface area (Å²) in [4.78, 5) is 25.5. The summed E-state index contributed by atoms with van der Waals surface area (Å²) < 4.78 is 7.71. The lowest BCUT2D eigenvalue weighted by atomic mass is 10.1. The second-order valence-corrected chi connectivity index (χ2v) is 7.74. The first-order chi connectivity index (χ1) is 15.7. The summed E-state index contributed by atoms with van der Waals surface area (Å²) in [6.45, 7) is 1.16. The van der Waals surface area contributed by atoms with Crippen molar-refractivity contribution < 1.29 is 9.53 Å². The van der Waals surface area contributed by atoms with Gasteiger partial charge in [0.05, 0.1) is 12.8 Å². The van der Waals surface area contributed by atoms with Gasteiger partial charge in [0.25, 0.3) is 0 Å². The lowest BCUT2D eigenvalue weighted by Gasteiger charge is -2.10. The second kappa shape index (κ2) is 9.05. The van der Waals surface area contributed by atoms with Crippen LogP contribution in [0.2, 0.25) is 0 Å². The molecular weight excluding hydrogens is 404 g/mol. The summed E-state index contributed by atoms with van der Waals surface area (Å²) in [5.74, 6) is 1.34. The molecule has 0 unspecified atom stereocenters. The third-order valence-electron chi connectivity index (χ3n) is 5.40. The number of anilines is 2. The minimum absolute atomic E-state index is 0.0657. The summed E-state index contributed by atoms with van der Waals surface area (Å²) >= 11 is 0. The molecule has 8 nitrogen and oxygen atoms in total. The van der Waals surface area contributed by atoms with Gasteiger partial charge in [-0.3, -0.25) is 9.36 Å². The fourth-order valence-corrected chi connectivity index (χ4v) is 3.68. The highest BCUT2D eigenvalue weighted by Crippen LogP contribution is 2.22. The number of nitrogens with one attached hydrogen (secondary N) is 2. The minimum atomic E-state index is 0.0657. The number of aryl methyl sites for hydroxylation is 1. The van der Waals surface area contributed by atoms with Gasteiger partial charge in [0, 0.05) is 24.3 Å². The maximum atomic E-state index is 12.0. The van der Waals surface area contributed by atoms with Gasteiger partial charge in [-0.1, -0.05) is 12.1 Å². The highest BCUT2D eigenvalue weighted by molar-refractivity contribution is 5.76. The smallest absolute Gasteiger partial charge is 0.229 e. The number of nitrogens with zero attached hydrogens (tertiary/aromatic N) is 4. The molecule has 32 heavy (non-hydrogen) atoms. The number of aromatic nitrogens is 4. The van der Waals surface area contributed by atoms with Crippen molar-refractivity contribution >= 4 is 28.7 Å². The van der Waals surface area contributed by atoms with Crippen molar-refractivity contribution in [3.63, 3.8) is 0 Å². The number of benzene rings is 2. The van der Waals surface area contributed by atoms with E-state index in [9.17, 15) is 4.79 Å². The van der Waals surface area contributed by atoms with Crippen LogP contribution in [0.15, 0.2) is 61.1 Å². The zero-order valence-corrected chi connectivity index (χ0v) is 17.6. The molecule has 0 aliphatic carbocycles. The van der Waals surface area contributed by atoms with E-state index in [1.807, 2.05) is 41.0 Å². The Balaban J connectivity index is 1.44. The first-order valence-electron chi connectivity index (χ1n) is 10.8. The summed E-state index contributed by atoms with van der Waals surface area (Å²) in [7, 11) is 0. The van der Waals surface area contributed by atoms with Crippen LogP contribution >= 0.6 is 0 Å². The molecule has 0 radical (unpaired) electrons. The third kappa shape index (κ3) is 4.54. The Morgan fingerprint density at radius 2 is 1.78 bits per heavy atom. The van der Waals surface area contributed by atoms with Crippen LogP contribution in [0, 0.1) is 0 Å². The quantitative estimate of drug-likeness (QED) is 0.443. The van der Waals surface area contributed by atoms with E-state index in [0.29, 0.717) is 31.9 Å². The number of rotatable bonds is 0. The Morgan fingerprint density at radius 1 is 0.938 bits per heavy atom. The van der Waals surface area contributed by atoms with Gasteiger partial charge in [-0.2, -0.15) is 4.98 Å². The molecule has 2 aromatic heterocycles. The molecule has 2 aromatic carbocycles. The van der Waals surface area contributed by atoms with E-state index in [-0.39, 0.29) is 5.91 Å². The summed E-state index contributed by atoms with van der Waals surface area (Å²) in [5.41, 5.74) is 4.50. The Morgan fingerprint density at radius 3 is 2.62 bits per heavy atom. The van der Waals surface area contributed by atoms with Crippen molar-refractivity contribution in [3.05, 3.63) is 66.6 Å². The van der Waals surface area contributed by atoms with E-state index in [4.69, 9.17) is 4.74 Å². The predicted molar refractivity (Wildman–Crippen MR) is 122 cm³/mol. The molecule has 0 saturated heterocycles. The van der Waals surface area contributed by atoms with E-state index >= 15 is 0 Å². The van der Waals surface area contributed by atoms with Gasteiger partial charge in [-0.25, -0.2) is 9.97 Å². The van der Waals surface area contributed by atoms with Crippen LogP contribution in [0.5, 0.6) is 5.75 Å². The minimum Gasteiger partial charge on any atom is -0.494 e. The second-order valence-electron chi connectivity index (χ2n) is 7.74. The molecule has 0 atom stereocenters. The van der Waals surface area contributed by atoms with Crippen LogP contribution in [0.3, 0.4) is 0 Å². The first kappa shape index (κ1) is 20.0. The molecule has 4 aliphatic heterocycles. The van der Waals surface area contributed by atoms with E-state index in [0.717, 1.165) is 41.1 Å². The topological polar surface area (TPSA) is 94.0 Å². The lowest BCUT2D eigenvalue weighted by molar-refractivity contribution is -0.121. The number of amides is 1. The van der Waals surface area contributed by atoms with Gasteiger partial charge < -0.3 is 15.4 Å². The maximum absolute atomic E-state index is 12.0. The summed E-state index contributed by atoms with van der Waals surface area (Å²) in [6, 6.07) is 15.9. The first-order valence-corrected chi connectivity index (χ1v) is 10.8. The Kier molecular flexibility index (Phi) is 5.65. The van der Waals surface area contributed by atoms with E-state index < -0.39 is 0 Å². The van der Waals surface area contributed by atoms with Gasteiger partial charge in [0.2, 0.25) is 11.9 Å². The predicted octanol–water partition coefficient (Wildman–Crippen LogP) is 3.78. The van der Waals surface area contributed by atoms with Crippen LogP contribution in [0.1, 0.15) is 24.8 Å². The number of imidazole rings is 1. The van der Waals surface area contributed by atoms with Crippen LogP contribution in [-0.2, 0) is 11.2 Å². The molecule has 0 saturated carbocycles. The zero-order chi connectivity index (χ0) is 21.8. The van der Waals surface area contributed by atoms with Crippen LogP contribution < -0.4 is 15.4 Å². The molecule has 4 aliphatic rings. The fourth-order valence-electron chi connectivity index (χ4n) is 3.68. The van der Waals surface area contributed by atoms with E-state index in [1.165, 1.54) is 5.56 Å². The fraction of sp³-hybridized carbons (Fsp3) is 0.250. The standard InChI is InChI=1S/C24H24N6O2/c31-22-4-2-14-32-20-11-9-19(10-12-20)30-16-27-21-15-26-24(29-23(21)30)28-18-7-5-17(6-8-18)3-1-13-25-22/h5-12,15-16H,1-4,13-14H2,(H,25,31)(H,26,28,29). The lowest BCUT2D eigenvalue weighted by Crippen LogP contribution is -2.24. The highest BCUT2D eigenvalue weighted by Gasteiger charge is 2.10. The zero-order valence-electron chi connectivity index (χ0n) is 17.6. The van der Waals surface area contributed by atoms with Crippen LogP contribution in [0.4, 0.5) is 11.6 Å². The average molecular weight is 428 g/mol. The van der Waals surface area contributed by atoms with Crippen molar-refractivity contribution in [2.45, 2.75) is 25.7 Å². The third-order valence-corrected chi connectivity index (χ3v) is 5.40. The molecule has 8 heteroatoms. The Bertz CT molecular complexity index is 1220. The van der Waals surface area contributed by atoms with Crippen molar-refractivity contribution in [3.8, 4) is 11.4 Å². The molecule has 0 fully saturated rings. The SMILES string of the molecule is O=C1CCCOc2ccc(cc2)-n2cnc3cnc(nc32)Nc2ccc(cc2)CCCN1. The van der Waals surface area contributed by atoms with Gasteiger partial charge in [0.15, 0.2) is 5.65 Å². The van der Waals surface area contributed by atoms with Crippen LogP contribution in [-0.4, -0.2) is 38.6 Å². The van der Waals surface area contributed by atoms with Crippen molar-refractivity contribution in [2.75, 3.05) is 18.5 Å². The average Bonchev–Trinajstić information content (AvgIpc) is 3.24. The molecule has 6 bridgehead atoms. The number of carbonyl (C=O) groups is 1. The molecule has 1 amide bonds. The highest BCUT2D eigenvalue weighted by atomic mass is 16.5. The van der Waals surface area contributed by atoms with Gasteiger partial charge in [0.1, 0.15) is 17.6 Å². The summed E-state index contributed by atoms with van der Waals surface area (Å²) in [5, 5.41) is 6.25. The Labute approximate surface area is 185 Å². The molecule has 0 spiro atoms. The Hall–Kier alpha value is -3.94. The van der Waals surface area contributed by atoms with E-state index in [2.05, 4.69) is 37.7 Å². The number of ether oxygens (including phenoxy) is 1. The molecule has 4 aromatic rings. The maximum Gasteiger partial charge on any atom is 0.229 e. The summed E-state index contributed by atoms with van der Waals surface area (Å²) in [6.07, 6.45) is 6.39. The van der Waals surface area contributed by atoms with Gasteiger partial charge >= 0.3 is 0 Å². The normalized spacial score (nSPS) is 14.9. The van der Waals surface area contributed by atoms with Crippen molar-refractivity contribution in [1.82, 2.24) is 24.8 Å². The molecule has 6 heterocycles. The molecule has 162 valence electrons. The largest absolute Gasteiger partial charge is 0.494 e. The van der Waals surface area contributed by atoms with Crippen molar-refractivity contribution in [1.29, 1.82) is 0 Å². The molecule has 2 N–H and O–H groups in total. The van der Waals surface area contributed by atoms with Gasteiger partial charge in [-0.05, 0) is 61.2 Å². The van der Waals surface area contributed by atoms with Crippen LogP contribution in [0.25, 0.3) is 16.9 Å².